The molecule has 0 radical (unpaired) electrons. The number of esters is 1. The number of unbranched alkanes of at least 4 members (excludes halogenated alkanes) is 1. The molecule has 2 aromatic rings. The lowest BCUT2D eigenvalue weighted by molar-refractivity contribution is -0.149. The van der Waals surface area contributed by atoms with Gasteiger partial charge in [-0.25, -0.2) is 0 Å². The second-order valence-corrected chi connectivity index (χ2v) is 7.97. The maximum Gasteiger partial charge on any atom is 0.312 e. The molecule has 0 amide bonds. The van der Waals surface area contributed by atoms with Crippen LogP contribution in [0, 0.1) is 5.92 Å². The standard InChI is InChI=1S/C24H29NO6/c1-28-16-12-15(30-11-7-6-10-25)13-17-19(16)20-22(26)21(24(27)29-2)18(23(20)31-17)14-8-4-3-5-9-14/h3-5,8-9,12-13,18,20-23,26H,6-7,10-11,25H2,1-2H3/t18-,20?,21?,22?,23?/m1/s1. The molecule has 1 aliphatic carbocycles. The van der Waals surface area contributed by atoms with Gasteiger partial charge in [-0.3, -0.25) is 4.79 Å². The van der Waals surface area contributed by atoms with Crippen LogP contribution in [0.4, 0.5) is 0 Å². The zero-order valence-corrected chi connectivity index (χ0v) is 17.8. The lowest BCUT2D eigenvalue weighted by Gasteiger charge is -2.24. The van der Waals surface area contributed by atoms with Crippen molar-refractivity contribution in [2.75, 3.05) is 27.4 Å². The van der Waals surface area contributed by atoms with E-state index in [2.05, 4.69) is 0 Å². The van der Waals surface area contributed by atoms with E-state index in [-0.39, 0.29) is 5.92 Å². The number of benzene rings is 2. The van der Waals surface area contributed by atoms with Crippen LogP contribution in [0.15, 0.2) is 42.5 Å². The van der Waals surface area contributed by atoms with E-state index in [1.807, 2.05) is 42.5 Å². The van der Waals surface area contributed by atoms with Gasteiger partial charge in [0.1, 0.15) is 23.4 Å². The lowest BCUT2D eigenvalue weighted by Crippen LogP contribution is -2.31. The van der Waals surface area contributed by atoms with Crippen LogP contribution in [0.25, 0.3) is 0 Å². The highest BCUT2D eigenvalue weighted by molar-refractivity contribution is 5.76. The molecule has 166 valence electrons. The number of rotatable bonds is 8. The Balaban J connectivity index is 1.70. The summed E-state index contributed by atoms with van der Waals surface area (Å²) < 4.78 is 22.9. The fraction of sp³-hybridized carbons (Fsp3) is 0.458. The third kappa shape index (κ3) is 3.83. The largest absolute Gasteiger partial charge is 0.496 e. The third-order valence-corrected chi connectivity index (χ3v) is 6.25. The summed E-state index contributed by atoms with van der Waals surface area (Å²) in [6.45, 7) is 1.18. The van der Waals surface area contributed by atoms with E-state index in [1.165, 1.54) is 7.11 Å². The molecule has 4 rings (SSSR count). The van der Waals surface area contributed by atoms with Crippen LogP contribution in [-0.2, 0) is 9.53 Å². The number of fused-ring (bicyclic) bond motifs is 3. The highest BCUT2D eigenvalue weighted by atomic mass is 16.5. The fourth-order valence-corrected chi connectivity index (χ4v) is 4.87. The number of aliphatic hydroxyl groups excluding tert-OH is 1. The van der Waals surface area contributed by atoms with Crippen LogP contribution in [-0.4, -0.2) is 50.7 Å². The summed E-state index contributed by atoms with van der Waals surface area (Å²) in [6.07, 6.45) is 0.368. The van der Waals surface area contributed by atoms with E-state index in [9.17, 15) is 9.90 Å². The first-order chi connectivity index (χ1) is 15.1. The van der Waals surface area contributed by atoms with Crippen molar-refractivity contribution in [3.8, 4) is 17.2 Å². The van der Waals surface area contributed by atoms with E-state index in [4.69, 9.17) is 24.7 Å². The van der Waals surface area contributed by atoms with Gasteiger partial charge in [-0.1, -0.05) is 30.3 Å². The quantitative estimate of drug-likeness (QED) is 0.493. The Morgan fingerprint density at radius 2 is 1.90 bits per heavy atom. The van der Waals surface area contributed by atoms with Crippen molar-refractivity contribution in [1.29, 1.82) is 0 Å². The van der Waals surface area contributed by atoms with E-state index in [0.717, 1.165) is 24.0 Å². The zero-order valence-electron chi connectivity index (χ0n) is 17.8. The number of nitrogens with two attached hydrogens (primary N) is 1. The minimum Gasteiger partial charge on any atom is -0.496 e. The normalized spacial score (nSPS) is 26.0. The molecule has 1 saturated carbocycles. The molecule has 2 aliphatic rings. The second-order valence-electron chi connectivity index (χ2n) is 7.97. The average Bonchev–Trinajstić information content (AvgIpc) is 3.30. The first kappa shape index (κ1) is 21.5. The molecular formula is C24H29NO6. The lowest BCUT2D eigenvalue weighted by atomic mass is 9.87. The van der Waals surface area contributed by atoms with Gasteiger partial charge < -0.3 is 29.8 Å². The van der Waals surface area contributed by atoms with Gasteiger partial charge >= 0.3 is 5.97 Å². The number of ether oxygens (including phenoxy) is 4. The number of hydrogen-bond donors (Lipinski definition) is 2. The Bertz CT molecular complexity index is 918. The number of carbonyl (C=O) groups excluding carboxylic acids is 1. The van der Waals surface area contributed by atoms with Crippen LogP contribution >= 0.6 is 0 Å². The summed E-state index contributed by atoms with van der Waals surface area (Å²) in [5.74, 6) is -0.0954. The van der Waals surface area contributed by atoms with Gasteiger partial charge in [-0.2, -0.15) is 0 Å². The molecule has 1 heterocycles. The van der Waals surface area contributed by atoms with Gasteiger partial charge in [0.25, 0.3) is 0 Å². The zero-order chi connectivity index (χ0) is 22.0. The van der Waals surface area contributed by atoms with Gasteiger partial charge in [0.05, 0.1) is 38.8 Å². The second kappa shape index (κ2) is 9.16. The van der Waals surface area contributed by atoms with E-state index >= 15 is 0 Å². The van der Waals surface area contributed by atoms with Crippen molar-refractivity contribution in [2.45, 2.75) is 36.9 Å². The van der Waals surface area contributed by atoms with Gasteiger partial charge in [-0.05, 0) is 24.9 Å². The van der Waals surface area contributed by atoms with Crippen LogP contribution < -0.4 is 19.9 Å². The first-order valence-electron chi connectivity index (χ1n) is 10.6. The minimum atomic E-state index is -0.964. The van der Waals surface area contributed by atoms with Crippen LogP contribution in [0.3, 0.4) is 0 Å². The molecule has 0 aromatic heterocycles. The van der Waals surface area contributed by atoms with Crippen molar-refractivity contribution in [1.82, 2.24) is 0 Å². The van der Waals surface area contributed by atoms with E-state index < -0.39 is 30.0 Å². The molecule has 1 fully saturated rings. The monoisotopic (exact) mass is 427 g/mol. The third-order valence-electron chi connectivity index (χ3n) is 6.25. The first-order valence-corrected chi connectivity index (χ1v) is 10.6. The molecule has 31 heavy (non-hydrogen) atoms. The van der Waals surface area contributed by atoms with Crippen LogP contribution in [0.1, 0.15) is 35.8 Å². The maximum atomic E-state index is 12.6. The van der Waals surface area contributed by atoms with Crippen molar-refractivity contribution in [2.24, 2.45) is 11.7 Å². The van der Waals surface area contributed by atoms with Crippen LogP contribution in [0.5, 0.6) is 17.2 Å². The van der Waals surface area contributed by atoms with E-state index in [1.54, 1.807) is 7.11 Å². The molecule has 0 bridgehead atoms. The van der Waals surface area contributed by atoms with Crippen molar-refractivity contribution >= 4 is 5.97 Å². The Kier molecular flexibility index (Phi) is 6.34. The summed E-state index contributed by atoms with van der Waals surface area (Å²) >= 11 is 0. The highest BCUT2D eigenvalue weighted by Gasteiger charge is 2.60. The molecule has 0 spiro atoms. The van der Waals surface area contributed by atoms with Crippen LogP contribution in [0.2, 0.25) is 0 Å². The molecule has 7 nitrogen and oxygen atoms in total. The van der Waals surface area contributed by atoms with E-state index in [0.29, 0.717) is 30.4 Å². The fourth-order valence-electron chi connectivity index (χ4n) is 4.87. The predicted molar refractivity (Wildman–Crippen MR) is 115 cm³/mol. The molecule has 1 aliphatic heterocycles. The summed E-state index contributed by atoms with van der Waals surface area (Å²) in [4.78, 5) is 12.6. The summed E-state index contributed by atoms with van der Waals surface area (Å²) in [5.41, 5.74) is 7.23. The Morgan fingerprint density at radius 3 is 2.58 bits per heavy atom. The molecule has 7 heteroatoms. The molecular weight excluding hydrogens is 398 g/mol. The number of carbonyl (C=O) groups is 1. The number of methoxy groups -OCH3 is 2. The van der Waals surface area contributed by atoms with Gasteiger partial charge in [0.15, 0.2) is 0 Å². The molecule has 2 aromatic carbocycles. The van der Waals surface area contributed by atoms with Crippen molar-refractivity contribution < 1.29 is 28.8 Å². The molecule has 3 N–H and O–H groups in total. The Hall–Kier alpha value is -2.77. The molecule has 0 saturated heterocycles. The van der Waals surface area contributed by atoms with Gasteiger partial charge in [0.2, 0.25) is 0 Å². The average molecular weight is 427 g/mol. The molecule has 5 atom stereocenters. The van der Waals surface area contributed by atoms with Gasteiger partial charge in [-0.15, -0.1) is 0 Å². The minimum absolute atomic E-state index is 0.348. The Morgan fingerprint density at radius 1 is 1.13 bits per heavy atom. The van der Waals surface area contributed by atoms with Crippen molar-refractivity contribution in [3.05, 3.63) is 53.6 Å². The van der Waals surface area contributed by atoms with Gasteiger partial charge in [0, 0.05) is 23.6 Å². The Labute approximate surface area is 182 Å². The number of aliphatic hydroxyl groups is 1. The summed E-state index contributed by atoms with van der Waals surface area (Å²) in [6, 6.07) is 13.3. The topological polar surface area (TPSA) is 100 Å². The smallest absolute Gasteiger partial charge is 0.312 e. The highest BCUT2D eigenvalue weighted by Crippen LogP contribution is 2.58. The summed E-state index contributed by atoms with van der Waals surface area (Å²) in [5, 5.41) is 11.2. The predicted octanol–water partition coefficient (Wildman–Crippen LogP) is 2.61. The SMILES string of the molecule is COC(=O)C1C(O)C2c3c(OC)cc(OCCCCN)cc3OC2[C@@H]1c1ccccc1. The van der Waals surface area contributed by atoms with Crippen molar-refractivity contribution in [3.63, 3.8) is 0 Å². The maximum absolute atomic E-state index is 12.6. The molecule has 4 unspecified atom stereocenters. The summed E-state index contributed by atoms with van der Waals surface area (Å²) in [7, 11) is 2.92. The number of hydrogen-bond acceptors (Lipinski definition) is 7.